The number of unbranched alkanes of at least 4 members (excludes halogenated alkanes) is 1. The van der Waals surface area contributed by atoms with E-state index in [0.29, 0.717) is 0 Å². The molecule has 0 spiro atoms. The Balaban J connectivity index is 2.68. The SMILES string of the molecule is CCCC[Si](Br)Br. The second-order valence-electron chi connectivity index (χ2n) is 1.44. The lowest BCUT2D eigenvalue weighted by atomic mass is 10.4. The van der Waals surface area contributed by atoms with Gasteiger partial charge in [0.25, 0.3) is 0 Å². The van der Waals surface area contributed by atoms with Crippen molar-refractivity contribution in [2.45, 2.75) is 25.8 Å². The molecular formula is C4H9Br2Si. The van der Waals surface area contributed by atoms with Crippen LogP contribution in [0.5, 0.6) is 0 Å². The number of hydrogen-bond acceptors (Lipinski definition) is 0. The molecule has 0 aromatic heterocycles. The van der Waals surface area contributed by atoms with Crippen molar-refractivity contribution in [2.75, 3.05) is 0 Å². The van der Waals surface area contributed by atoms with E-state index in [1.807, 2.05) is 0 Å². The molecule has 0 N–H and O–H groups in total. The fourth-order valence-corrected chi connectivity index (χ4v) is 2.61. The normalized spacial score (nSPS) is 10.3. The maximum Gasteiger partial charge on any atom is 0.215 e. The Morgan fingerprint density at radius 1 is 1.43 bits per heavy atom. The third-order valence-corrected chi connectivity index (χ3v) is 3.83. The van der Waals surface area contributed by atoms with Gasteiger partial charge in [-0.1, -0.05) is 19.8 Å². The summed E-state index contributed by atoms with van der Waals surface area (Å²) in [6.45, 7) is 2.21. The lowest BCUT2D eigenvalue weighted by Gasteiger charge is -1.92. The van der Waals surface area contributed by atoms with Gasteiger partial charge in [0.1, 0.15) is 0 Å². The van der Waals surface area contributed by atoms with Gasteiger partial charge in [-0.15, -0.1) is 30.6 Å². The van der Waals surface area contributed by atoms with Gasteiger partial charge in [-0.25, -0.2) is 0 Å². The summed E-state index contributed by atoms with van der Waals surface area (Å²) < 4.78 is 0. The summed E-state index contributed by atoms with van der Waals surface area (Å²) in [4.78, 5) is 0. The maximum atomic E-state index is 3.49. The topological polar surface area (TPSA) is 0 Å². The second-order valence-corrected chi connectivity index (χ2v) is 11.6. The van der Waals surface area contributed by atoms with Gasteiger partial charge in [-0.3, -0.25) is 0 Å². The molecule has 43 valence electrons. The first kappa shape index (κ1) is 8.18. The third kappa shape index (κ3) is 7.18. The van der Waals surface area contributed by atoms with Crippen LogP contribution in [0, 0.1) is 0 Å². The molecule has 0 aliphatic heterocycles. The van der Waals surface area contributed by atoms with E-state index in [4.69, 9.17) is 0 Å². The molecule has 0 aromatic carbocycles. The molecule has 1 radical (unpaired) electrons. The zero-order valence-corrected chi connectivity index (χ0v) is 8.55. The summed E-state index contributed by atoms with van der Waals surface area (Å²) >= 11 is 6.99. The van der Waals surface area contributed by atoms with Crippen LogP contribution in [0.1, 0.15) is 19.8 Å². The van der Waals surface area contributed by atoms with Crippen molar-refractivity contribution >= 4 is 36.6 Å². The molecule has 0 fully saturated rings. The monoisotopic (exact) mass is 243 g/mol. The average Bonchev–Trinajstić information content (AvgIpc) is 1.61. The van der Waals surface area contributed by atoms with Crippen molar-refractivity contribution in [1.82, 2.24) is 0 Å². The number of rotatable bonds is 3. The molecule has 0 saturated heterocycles. The van der Waals surface area contributed by atoms with Crippen LogP contribution in [0.2, 0.25) is 6.04 Å². The van der Waals surface area contributed by atoms with E-state index in [-0.39, 0.29) is 6.04 Å². The zero-order valence-electron chi connectivity index (χ0n) is 4.38. The molecular weight excluding hydrogens is 236 g/mol. The highest BCUT2D eigenvalue weighted by atomic mass is 79.9. The van der Waals surface area contributed by atoms with Crippen LogP contribution >= 0.6 is 30.6 Å². The first-order valence-corrected chi connectivity index (χ1v) is 8.66. The highest BCUT2D eigenvalue weighted by molar-refractivity contribution is 9.49. The number of hydrogen-bond donors (Lipinski definition) is 0. The van der Waals surface area contributed by atoms with Crippen molar-refractivity contribution in [3.05, 3.63) is 0 Å². The van der Waals surface area contributed by atoms with E-state index in [9.17, 15) is 0 Å². The van der Waals surface area contributed by atoms with Crippen LogP contribution in [-0.2, 0) is 0 Å². The van der Waals surface area contributed by atoms with Gasteiger partial charge < -0.3 is 0 Å². The Labute approximate surface area is 62.4 Å². The predicted molar refractivity (Wildman–Crippen MR) is 43.3 cm³/mol. The molecule has 0 rings (SSSR count). The van der Waals surface area contributed by atoms with Gasteiger partial charge in [-0.2, -0.15) is 0 Å². The van der Waals surface area contributed by atoms with Crippen molar-refractivity contribution < 1.29 is 0 Å². The average molecular weight is 245 g/mol. The molecule has 0 aromatic rings. The van der Waals surface area contributed by atoms with Crippen LogP contribution in [0.15, 0.2) is 0 Å². The van der Waals surface area contributed by atoms with Gasteiger partial charge >= 0.3 is 0 Å². The summed E-state index contributed by atoms with van der Waals surface area (Å²) in [5.41, 5.74) is 0. The summed E-state index contributed by atoms with van der Waals surface area (Å²) in [6.07, 6.45) is 2.66. The molecule has 0 saturated carbocycles. The Hall–Kier alpha value is 1.18. The smallest absolute Gasteiger partial charge is 0.112 e. The minimum Gasteiger partial charge on any atom is -0.112 e. The quantitative estimate of drug-likeness (QED) is 0.529. The maximum absolute atomic E-state index is 3.49. The molecule has 0 amide bonds. The highest BCUT2D eigenvalue weighted by Gasteiger charge is 1.97. The second kappa shape index (κ2) is 5.32. The zero-order chi connectivity index (χ0) is 5.70. The molecule has 3 heteroatoms. The van der Waals surface area contributed by atoms with Crippen molar-refractivity contribution in [3.8, 4) is 0 Å². The fourth-order valence-electron chi connectivity index (χ4n) is 0.310. The Kier molecular flexibility index (Phi) is 6.21. The summed E-state index contributed by atoms with van der Waals surface area (Å²) in [5.74, 6) is 0. The summed E-state index contributed by atoms with van der Waals surface area (Å²) in [7, 11) is 0. The molecule has 0 aliphatic rings. The van der Waals surface area contributed by atoms with Crippen molar-refractivity contribution in [3.63, 3.8) is 0 Å². The summed E-state index contributed by atoms with van der Waals surface area (Å²) in [5, 5.41) is 0. The van der Waals surface area contributed by atoms with Gasteiger partial charge in [0.05, 0.1) is 0 Å². The predicted octanol–water partition coefficient (Wildman–Crippen LogP) is 3.06. The van der Waals surface area contributed by atoms with Crippen LogP contribution in [-0.4, -0.2) is 6.04 Å². The molecule has 0 aliphatic carbocycles. The molecule has 0 heterocycles. The third-order valence-electron chi connectivity index (χ3n) is 0.719. The molecule has 0 nitrogen and oxygen atoms in total. The highest BCUT2D eigenvalue weighted by Crippen LogP contribution is 2.11. The van der Waals surface area contributed by atoms with Crippen molar-refractivity contribution in [1.29, 1.82) is 0 Å². The molecule has 0 unspecified atom stereocenters. The minimum atomic E-state index is -0.272. The van der Waals surface area contributed by atoms with Crippen LogP contribution in [0.4, 0.5) is 0 Å². The Morgan fingerprint density at radius 3 is 2.14 bits per heavy atom. The van der Waals surface area contributed by atoms with Gasteiger partial charge in [0, 0.05) is 0 Å². The van der Waals surface area contributed by atoms with E-state index < -0.39 is 0 Å². The van der Waals surface area contributed by atoms with Crippen LogP contribution in [0.3, 0.4) is 0 Å². The first-order valence-electron chi connectivity index (χ1n) is 2.44. The Bertz CT molecular complexity index is 38.7. The van der Waals surface area contributed by atoms with Crippen LogP contribution in [0.25, 0.3) is 0 Å². The minimum absolute atomic E-state index is 0.272. The molecule has 0 atom stereocenters. The standard InChI is InChI=1S/C4H9Br2Si/c1-2-3-4-7(5)6/h2-4H2,1H3. The van der Waals surface area contributed by atoms with Crippen molar-refractivity contribution in [2.24, 2.45) is 0 Å². The van der Waals surface area contributed by atoms with E-state index in [0.717, 1.165) is 0 Å². The Morgan fingerprint density at radius 2 is 2.00 bits per heavy atom. The van der Waals surface area contributed by atoms with Gasteiger partial charge in [0.15, 0.2) is 0 Å². The fraction of sp³-hybridized carbons (Fsp3) is 1.00. The van der Waals surface area contributed by atoms with Crippen LogP contribution < -0.4 is 0 Å². The van der Waals surface area contributed by atoms with Gasteiger partial charge in [0.2, 0.25) is 6.04 Å². The molecule has 7 heavy (non-hydrogen) atoms. The van der Waals surface area contributed by atoms with E-state index >= 15 is 0 Å². The number of halogens is 2. The summed E-state index contributed by atoms with van der Waals surface area (Å²) in [6, 6.07) is 1.06. The lowest BCUT2D eigenvalue weighted by molar-refractivity contribution is 0.882. The lowest BCUT2D eigenvalue weighted by Crippen LogP contribution is -1.86. The van der Waals surface area contributed by atoms with E-state index in [2.05, 4.69) is 37.5 Å². The molecule has 0 bridgehead atoms. The largest absolute Gasteiger partial charge is 0.215 e. The first-order chi connectivity index (χ1) is 3.27. The van der Waals surface area contributed by atoms with E-state index in [1.165, 1.54) is 18.9 Å². The van der Waals surface area contributed by atoms with Gasteiger partial charge in [-0.05, 0) is 6.04 Å². The van der Waals surface area contributed by atoms with E-state index in [1.54, 1.807) is 0 Å².